The van der Waals surface area contributed by atoms with Crippen molar-refractivity contribution >= 4 is 5.69 Å². The Morgan fingerprint density at radius 1 is 1.57 bits per heavy atom. The molecule has 1 rings (SSSR count). The SMILES string of the molecule is CC(N)Cc1cc([N+](=O)[O-])ccc1[O-]. The van der Waals surface area contributed by atoms with E-state index in [4.69, 9.17) is 5.73 Å². The number of non-ortho nitro benzene ring substituents is 1. The van der Waals surface area contributed by atoms with Gasteiger partial charge in [-0.25, -0.2) is 0 Å². The van der Waals surface area contributed by atoms with E-state index < -0.39 is 4.92 Å². The van der Waals surface area contributed by atoms with E-state index in [1.54, 1.807) is 6.92 Å². The monoisotopic (exact) mass is 195 g/mol. The zero-order chi connectivity index (χ0) is 10.7. The second-order valence-electron chi connectivity index (χ2n) is 3.23. The number of nitrogens with two attached hydrogens (primary N) is 1. The fourth-order valence-corrected chi connectivity index (χ4v) is 1.19. The van der Waals surface area contributed by atoms with E-state index in [1.165, 1.54) is 18.2 Å². The van der Waals surface area contributed by atoms with Gasteiger partial charge in [0.1, 0.15) is 0 Å². The van der Waals surface area contributed by atoms with E-state index in [0.717, 1.165) is 0 Å². The lowest BCUT2D eigenvalue weighted by molar-refractivity contribution is -0.385. The summed E-state index contributed by atoms with van der Waals surface area (Å²) < 4.78 is 0. The largest absolute Gasteiger partial charge is 0.872 e. The van der Waals surface area contributed by atoms with Gasteiger partial charge in [0.15, 0.2) is 0 Å². The van der Waals surface area contributed by atoms with E-state index in [9.17, 15) is 15.2 Å². The Bertz CT molecular complexity index is 350. The Morgan fingerprint density at radius 2 is 2.21 bits per heavy atom. The molecule has 0 bridgehead atoms. The van der Waals surface area contributed by atoms with Crippen molar-refractivity contribution in [3.05, 3.63) is 33.9 Å². The fraction of sp³-hybridized carbons (Fsp3) is 0.333. The number of benzene rings is 1. The summed E-state index contributed by atoms with van der Waals surface area (Å²) in [7, 11) is 0. The normalized spacial score (nSPS) is 12.4. The molecule has 2 N–H and O–H groups in total. The van der Waals surface area contributed by atoms with Crippen LogP contribution in [0, 0.1) is 10.1 Å². The maximum Gasteiger partial charge on any atom is 0.269 e. The number of rotatable bonds is 3. The van der Waals surface area contributed by atoms with Crippen molar-refractivity contribution in [3.63, 3.8) is 0 Å². The van der Waals surface area contributed by atoms with Crippen molar-refractivity contribution in [3.8, 4) is 5.75 Å². The van der Waals surface area contributed by atoms with E-state index in [-0.39, 0.29) is 17.5 Å². The maximum atomic E-state index is 11.3. The molecule has 0 fully saturated rings. The highest BCUT2D eigenvalue weighted by atomic mass is 16.6. The Balaban J connectivity index is 3.02. The summed E-state index contributed by atoms with van der Waals surface area (Å²) >= 11 is 0. The molecule has 0 aliphatic heterocycles. The molecular weight excluding hydrogens is 184 g/mol. The quantitative estimate of drug-likeness (QED) is 0.563. The van der Waals surface area contributed by atoms with Crippen LogP contribution >= 0.6 is 0 Å². The minimum atomic E-state index is -0.524. The van der Waals surface area contributed by atoms with Crippen LogP contribution < -0.4 is 10.8 Å². The Morgan fingerprint density at radius 3 is 2.71 bits per heavy atom. The van der Waals surface area contributed by atoms with Crippen LogP contribution in [0.25, 0.3) is 0 Å². The Kier molecular flexibility index (Phi) is 3.03. The molecule has 0 aliphatic carbocycles. The first-order valence-electron chi connectivity index (χ1n) is 4.20. The second-order valence-corrected chi connectivity index (χ2v) is 3.23. The summed E-state index contributed by atoms with van der Waals surface area (Å²) in [5.41, 5.74) is 5.84. The number of hydrogen-bond donors (Lipinski definition) is 1. The molecule has 1 aromatic rings. The number of nitrogens with zero attached hydrogens (tertiary/aromatic N) is 1. The lowest BCUT2D eigenvalue weighted by Gasteiger charge is -2.14. The summed E-state index contributed by atoms with van der Waals surface area (Å²) in [6.07, 6.45) is 0.362. The first kappa shape index (κ1) is 10.5. The van der Waals surface area contributed by atoms with Gasteiger partial charge in [-0.3, -0.25) is 10.1 Å². The van der Waals surface area contributed by atoms with Crippen molar-refractivity contribution in [1.29, 1.82) is 0 Å². The molecule has 5 heteroatoms. The molecule has 1 unspecified atom stereocenters. The average Bonchev–Trinajstić information content (AvgIpc) is 2.07. The topological polar surface area (TPSA) is 92.2 Å². The van der Waals surface area contributed by atoms with Crippen LogP contribution in [0.2, 0.25) is 0 Å². The van der Waals surface area contributed by atoms with Crippen molar-refractivity contribution in [2.45, 2.75) is 19.4 Å². The van der Waals surface area contributed by atoms with E-state index in [1.807, 2.05) is 0 Å². The van der Waals surface area contributed by atoms with Crippen LogP contribution in [0.3, 0.4) is 0 Å². The van der Waals surface area contributed by atoms with Crippen molar-refractivity contribution in [2.24, 2.45) is 5.73 Å². The Labute approximate surface area is 81.3 Å². The van der Waals surface area contributed by atoms with Crippen molar-refractivity contribution < 1.29 is 10.0 Å². The summed E-state index contributed by atoms with van der Waals surface area (Å²) in [4.78, 5) is 9.90. The third kappa shape index (κ3) is 2.43. The van der Waals surface area contributed by atoms with Crippen LogP contribution in [-0.2, 0) is 6.42 Å². The summed E-state index contributed by atoms with van der Waals surface area (Å²) in [6, 6.07) is 3.51. The van der Waals surface area contributed by atoms with Gasteiger partial charge >= 0.3 is 0 Å². The predicted molar refractivity (Wildman–Crippen MR) is 49.9 cm³/mol. The molecule has 0 heterocycles. The number of nitro groups is 1. The number of nitro benzene ring substituents is 1. The zero-order valence-electron chi connectivity index (χ0n) is 7.77. The highest BCUT2D eigenvalue weighted by molar-refractivity contribution is 5.42. The van der Waals surface area contributed by atoms with Crippen LogP contribution in [0.15, 0.2) is 18.2 Å². The molecule has 0 saturated carbocycles. The molecule has 14 heavy (non-hydrogen) atoms. The van der Waals surface area contributed by atoms with Crippen molar-refractivity contribution in [2.75, 3.05) is 0 Å². The van der Waals surface area contributed by atoms with Gasteiger partial charge in [0.2, 0.25) is 0 Å². The van der Waals surface area contributed by atoms with E-state index in [2.05, 4.69) is 0 Å². The molecule has 1 aromatic carbocycles. The Hall–Kier alpha value is -1.62. The van der Waals surface area contributed by atoms with Gasteiger partial charge in [-0.1, -0.05) is 6.07 Å². The zero-order valence-corrected chi connectivity index (χ0v) is 7.77. The minimum Gasteiger partial charge on any atom is -0.872 e. The standard InChI is InChI=1S/C9H12N2O3/c1-6(10)4-7-5-8(11(13)14)2-3-9(7)12/h2-3,5-6,12H,4,10H2,1H3/p-1. The van der Waals surface area contributed by atoms with Gasteiger partial charge < -0.3 is 10.8 Å². The maximum absolute atomic E-state index is 11.3. The first-order chi connectivity index (χ1) is 6.50. The van der Waals surface area contributed by atoms with Crippen LogP contribution in [0.1, 0.15) is 12.5 Å². The van der Waals surface area contributed by atoms with Gasteiger partial charge in [0.05, 0.1) is 4.92 Å². The molecule has 0 radical (unpaired) electrons. The lowest BCUT2D eigenvalue weighted by Crippen LogP contribution is -2.18. The van der Waals surface area contributed by atoms with Gasteiger partial charge in [-0.05, 0) is 18.9 Å². The molecule has 5 nitrogen and oxygen atoms in total. The summed E-state index contributed by atoms with van der Waals surface area (Å²) in [5.74, 6) is -0.201. The molecule has 0 amide bonds. The van der Waals surface area contributed by atoms with Gasteiger partial charge in [0, 0.05) is 18.2 Å². The summed E-state index contributed by atoms with van der Waals surface area (Å²) in [5, 5.41) is 21.7. The van der Waals surface area contributed by atoms with E-state index >= 15 is 0 Å². The van der Waals surface area contributed by atoms with Gasteiger partial charge in [0.25, 0.3) is 5.69 Å². The van der Waals surface area contributed by atoms with Crippen LogP contribution in [0.4, 0.5) is 5.69 Å². The molecule has 0 aromatic heterocycles. The van der Waals surface area contributed by atoms with Gasteiger partial charge in [-0.15, -0.1) is 5.75 Å². The molecule has 0 saturated heterocycles. The highest BCUT2D eigenvalue weighted by Gasteiger charge is 2.07. The molecular formula is C9H11N2O3-. The predicted octanol–water partition coefficient (Wildman–Crippen LogP) is 0.558. The van der Waals surface area contributed by atoms with Gasteiger partial charge in [-0.2, -0.15) is 0 Å². The molecule has 0 spiro atoms. The first-order valence-corrected chi connectivity index (χ1v) is 4.20. The van der Waals surface area contributed by atoms with Crippen molar-refractivity contribution in [1.82, 2.24) is 0 Å². The third-order valence-corrected chi connectivity index (χ3v) is 1.80. The average molecular weight is 195 g/mol. The van der Waals surface area contributed by atoms with Crippen LogP contribution in [-0.4, -0.2) is 11.0 Å². The molecule has 1 atom stereocenters. The lowest BCUT2D eigenvalue weighted by atomic mass is 10.1. The molecule has 0 aliphatic rings. The third-order valence-electron chi connectivity index (χ3n) is 1.80. The fourth-order valence-electron chi connectivity index (χ4n) is 1.19. The smallest absolute Gasteiger partial charge is 0.269 e. The van der Waals surface area contributed by atoms with Crippen LogP contribution in [0.5, 0.6) is 5.75 Å². The minimum absolute atomic E-state index is 0.0692. The molecule has 76 valence electrons. The van der Waals surface area contributed by atoms with E-state index in [0.29, 0.717) is 12.0 Å². The highest BCUT2D eigenvalue weighted by Crippen LogP contribution is 2.21. The number of hydrogen-bond acceptors (Lipinski definition) is 4. The second kappa shape index (κ2) is 4.06. The summed E-state index contributed by atoms with van der Waals surface area (Å²) in [6.45, 7) is 1.75.